The van der Waals surface area contributed by atoms with Crippen molar-refractivity contribution in [2.75, 3.05) is 0 Å². The van der Waals surface area contributed by atoms with Gasteiger partial charge in [0.25, 0.3) is 0 Å². The minimum absolute atomic E-state index is 0.239. The Balaban J connectivity index is 1.98. The molecule has 0 amide bonds. The number of rotatable bonds is 2. The molecule has 14 heavy (non-hydrogen) atoms. The summed E-state index contributed by atoms with van der Waals surface area (Å²) in [5.41, 5.74) is -0.239. The molecule has 1 aliphatic rings. The number of hydrogen-bond acceptors (Lipinski definition) is 4. The maximum absolute atomic E-state index is 9.74. The van der Waals surface area contributed by atoms with Crippen LogP contribution in [0, 0.1) is 0 Å². The van der Waals surface area contributed by atoms with Crippen molar-refractivity contribution >= 4 is 23.5 Å². The second kappa shape index (κ2) is 4.55. The molecule has 0 saturated carbocycles. The van der Waals surface area contributed by atoms with Gasteiger partial charge in [0.15, 0.2) is 0 Å². The fourth-order valence-corrected chi connectivity index (χ4v) is 4.16. The van der Waals surface area contributed by atoms with Crippen molar-refractivity contribution in [2.24, 2.45) is 0 Å². The molecular formula is C10H13NOS2. The zero-order valence-corrected chi connectivity index (χ0v) is 9.59. The number of thioether (sulfide) groups is 2. The van der Waals surface area contributed by atoms with Gasteiger partial charge in [0.05, 0.1) is 5.03 Å². The van der Waals surface area contributed by atoms with E-state index in [4.69, 9.17) is 0 Å². The number of pyridine rings is 1. The van der Waals surface area contributed by atoms with Crippen LogP contribution >= 0.6 is 23.5 Å². The highest BCUT2D eigenvalue weighted by molar-refractivity contribution is 8.04. The van der Waals surface area contributed by atoms with Crippen LogP contribution in [0.25, 0.3) is 0 Å². The van der Waals surface area contributed by atoms with Crippen LogP contribution in [0.15, 0.2) is 29.4 Å². The predicted molar refractivity (Wildman–Crippen MR) is 61.6 cm³/mol. The molecule has 0 spiro atoms. The Kier molecular flexibility index (Phi) is 3.36. The number of aliphatic hydroxyl groups excluding tert-OH is 1. The highest BCUT2D eigenvalue weighted by Crippen LogP contribution is 2.40. The van der Waals surface area contributed by atoms with Crippen molar-refractivity contribution in [3.8, 4) is 0 Å². The summed E-state index contributed by atoms with van der Waals surface area (Å²) < 4.78 is 0. The number of aromatic nitrogens is 1. The molecule has 1 aromatic heterocycles. The van der Waals surface area contributed by atoms with E-state index in [1.165, 1.54) is 0 Å². The minimum atomic E-state index is -0.239. The summed E-state index contributed by atoms with van der Waals surface area (Å²) in [7, 11) is 0. The van der Waals surface area contributed by atoms with Crippen molar-refractivity contribution in [3.05, 3.63) is 24.4 Å². The molecule has 2 heterocycles. The summed E-state index contributed by atoms with van der Waals surface area (Å²) in [5.74, 6) is 0. The first-order valence-electron chi connectivity index (χ1n) is 4.67. The highest BCUT2D eigenvalue weighted by atomic mass is 32.2. The van der Waals surface area contributed by atoms with Crippen molar-refractivity contribution < 1.29 is 5.11 Å². The zero-order chi connectivity index (χ0) is 9.97. The van der Waals surface area contributed by atoms with Crippen LogP contribution in [0.4, 0.5) is 0 Å². The Bertz CT molecular complexity index is 293. The molecule has 2 rings (SSSR count). The van der Waals surface area contributed by atoms with Gasteiger partial charge < -0.3 is 5.11 Å². The van der Waals surface area contributed by atoms with Crippen LogP contribution in [0.5, 0.6) is 0 Å². The third-order valence-corrected chi connectivity index (χ3v) is 4.84. The lowest BCUT2D eigenvalue weighted by molar-refractivity contribution is 0.265. The predicted octanol–water partition coefficient (Wildman–Crippen LogP) is 2.39. The van der Waals surface area contributed by atoms with Crippen LogP contribution in [-0.4, -0.2) is 26.0 Å². The maximum Gasteiger partial charge on any atom is 0.112 e. The minimum Gasteiger partial charge on any atom is -0.381 e. The van der Waals surface area contributed by atoms with Gasteiger partial charge in [0.1, 0.15) is 5.44 Å². The van der Waals surface area contributed by atoms with Crippen LogP contribution in [0.3, 0.4) is 0 Å². The van der Waals surface area contributed by atoms with Crippen molar-refractivity contribution in [1.82, 2.24) is 4.98 Å². The van der Waals surface area contributed by atoms with Gasteiger partial charge in [0.2, 0.25) is 0 Å². The van der Waals surface area contributed by atoms with Crippen molar-refractivity contribution in [2.45, 2.75) is 34.3 Å². The van der Waals surface area contributed by atoms with Crippen molar-refractivity contribution in [1.29, 1.82) is 0 Å². The quantitative estimate of drug-likeness (QED) is 0.841. The molecule has 1 saturated heterocycles. The average molecular weight is 227 g/mol. The topological polar surface area (TPSA) is 33.1 Å². The molecular weight excluding hydrogens is 214 g/mol. The normalized spacial score (nSPS) is 32.0. The molecule has 0 bridgehead atoms. The van der Waals surface area contributed by atoms with Crippen molar-refractivity contribution in [3.63, 3.8) is 0 Å². The smallest absolute Gasteiger partial charge is 0.112 e. The molecule has 76 valence electrons. The van der Waals surface area contributed by atoms with Crippen LogP contribution < -0.4 is 0 Å². The summed E-state index contributed by atoms with van der Waals surface area (Å²) in [6, 6.07) is 5.88. The van der Waals surface area contributed by atoms with Gasteiger partial charge in [-0.25, -0.2) is 4.98 Å². The Labute approximate surface area is 92.5 Å². The van der Waals surface area contributed by atoms with E-state index in [2.05, 4.69) is 11.9 Å². The van der Waals surface area contributed by atoms with Crippen LogP contribution in [0.2, 0.25) is 0 Å². The summed E-state index contributed by atoms with van der Waals surface area (Å²) >= 11 is 3.34. The van der Waals surface area contributed by atoms with Crippen LogP contribution in [-0.2, 0) is 0 Å². The number of hydrogen-bond donors (Lipinski definition) is 1. The fourth-order valence-electron chi connectivity index (χ4n) is 1.50. The largest absolute Gasteiger partial charge is 0.381 e. The van der Waals surface area contributed by atoms with E-state index in [1.54, 1.807) is 29.7 Å². The lowest BCUT2D eigenvalue weighted by atomic mass is 10.2. The van der Waals surface area contributed by atoms with Gasteiger partial charge in [-0.15, -0.1) is 11.8 Å². The summed E-state index contributed by atoms with van der Waals surface area (Å²) in [6.07, 6.45) is 2.85. The van der Waals surface area contributed by atoms with Gasteiger partial charge in [-0.2, -0.15) is 0 Å². The Morgan fingerprint density at radius 3 is 3.00 bits per heavy atom. The first-order valence-corrected chi connectivity index (χ1v) is 6.49. The molecule has 4 heteroatoms. The second-order valence-electron chi connectivity index (χ2n) is 3.40. The van der Waals surface area contributed by atoms with E-state index >= 15 is 0 Å². The zero-order valence-electron chi connectivity index (χ0n) is 7.96. The molecule has 2 nitrogen and oxygen atoms in total. The summed E-state index contributed by atoms with van der Waals surface area (Å²) in [6.45, 7) is 2.16. The van der Waals surface area contributed by atoms with Gasteiger partial charge >= 0.3 is 0 Å². The van der Waals surface area contributed by atoms with E-state index < -0.39 is 0 Å². The molecule has 1 fully saturated rings. The van der Waals surface area contributed by atoms with E-state index in [-0.39, 0.29) is 5.44 Å². The first kappa shape index (κ1) is 10.3. The van der Waals surface area contributed by atoms with E-state index in [0.717, 1.165) is 11.4 Å². The van der Waals surface area contributed by atoms with Gasteiger partial charge in [-0.3, -0.25) is 0 Å². The second-order valence-corrected chi connectivity index (χ2v) is 6.22. The molecule has 0 aromatic carbocycles. The molecule has 1 aromatic rings. The third-order valence-electron chi connectivity index (χ3n) is 2.16. The maximum atomic E-state index is 9.74. The lowest BCUT2D eigenvalue weighted by Gasteiger charge is -2.11. The number of aliphatic hydroxyl groups is 1. The van der Waals surface area contributed by atoms with E-state index in [9.17, 15) is 5.11 Å². The Morgan fingerprint density at radius 1 is 1.57 bits per heavy atom. The van der Waals surface area contributed by atoms with Crippen LogP contribution in [0.1, 0.15) is 13.3 Å². The summed E-state index contributed by atoms with van der Waals surface area (Å²) in [4.78, 5) is 4.24. The fraction of sp³-hybridized carbons (Fsp3) is 0.500. The van der Waals surface area contributed by atoms with Gasteiger partial charge in [-0.1, -0.05) is 24.8 Å². The first-order chi connectivity index (χ1) is 6.75. The lowest BCUT2D eigenvalue weighted by Crippen LogP contribution is -2.12. The Hall–Kier alpha value is -0.190. The molecule has 1 aliphatic heterocycles. The number of nitrogens with zero attached hydrogens (tertiary/aromatic N) is 1. The standard InChI is InChI=1S/C10H13NOS2/c1-7-6-8(10(12)13-7)14-9-4-2-3-5-11-9/h2-5,7-8,10,12H,6H2,1H3. The van der Waals surface area contributed by atoms with Gasteiger partial charge in [0, 0.05) is 16.7 Å². The summed E-state index contributed by atoms with van der Waals surface area (Å²) in [5, 5.41) is 11.6. The average Bonchev–Trinajstić information content (AvgIpc) is 2.47. The molecule has 0 radical (unpaired) electrons. The third kappa shape index (κ3) is 2.43. The molecule has 3 unspecified atom stereocenters. The van der Waals surface area contributed by atoms with E-state index in [1.807, 2.05) is 18.2 Å². The monoisotopic (exact) mass is 227 g/mol. The Morgan fingerprint density at radius 2 is 2.43 bits per heavy atom. The SMILES string of the molecule is CC1CC(Sc2ccccn2)C(O)S1. The molecule has 1 N–H and O–H groups in total. The van der Waals surface area contributed by atoms with E-state index in [0.29, 0.717) is 10.5 Å². The highest BCUT2D eigenvalue weighted by Gasteiger charge is 2.31. The van der Waals surface area contributed by atoms with Gasteiger partial charge in [-0.05, 0) is 18.6 Å². The molecule has 0 aliphatic carbocycles. The molecule has 3 atom stereocenters.